The summed E-state index contributed by atoms with van der Waals surface area (Å²) >= 11 is 6.10. The quantitative estimate of drug-likeness (QED) is 0.111. The number of alkyl halides is 3. The summed E-state index contributed by atoms with van der Waals surface area (Å²) in [6, 6.07) is 28.4. The minimum Gasteiger partial charge on any atom is -0.456 e. The summed E-state index contributed by atoms with van der Waals surface area (Å²) in [5, 5.41) is 5.04. The zero-order valence-electron chi connectivity index (χ0n) is 36.7. The molecule has 15 heteroatoms. The van der Waals surface area contributed by atoms with Gasteiger partial charge < -0.3 is 24.7 Å². The molecule has 3 fully saturated rings. The van der Waals surface area contributed by atoms with Crippen LogP contribution in [0.25, 0.3) is 22.0 Å². The van der Waals surface area contributed by atoms with Crippen LogP contribution in [0, 0.1) is 18.8 Å². The molecule has 0 radical (unpaired) electrons. The van der Waals surface area contributed by atoms with Crippen LogP contribution in [-0.2, 0) is 27.5 Å². The van der Waals surface area contributed by atoms with E-state index in [4.69, 9.17) is 21.1 Å². The number of amides is 1. The SMILES string of the molecule is Cc1cc(S(=O)(=O)NC(=O)c2ccc(N3CCN(Cc4ccc(C(F)(F)F)cc4-c4ccc(Cl)cc4)CC3)cc2Oc2ccc3[nH]ccc3c2)ccc1NC1CCC(C2CCOCC2)CC1. The van der Waals surface area contributed by atoms with E-state index in [0.29, 0.717) is 60.7 Å². The van der Waals surface area contributed by atoms with Gasteiger partial charge in [0.15, 0.2) is 0 Å². The van der Waals surface area contributed by atoms with E-state index in [1.165, 1.54) is 25.0 Å². The Hall–Kier alpha value is -5.54. The third-order valence-corrected chi connectivity index (χ3v) is 15.1. The van der Waals surface area contributed by atoms with Crippen molar-refractivity contribution in [2.24, 2.45) is 11.8 Å². The number of benzene rings is 5. The first-order valence-electron chi connectivity index (χ1n) is 22.6. The van der Waals surface area contributed by atoms with Gasteiger partial charge in [0.05, 0.1) is 16.0 Å². The number of hydrogen-bond acceptors (Lipinski definition) is 8. The number of sulfonamides is 1. The normalized spacial score (nSPS) is 18.9. The van der Waals surface area contributed by atoms with Crippen LogP contribution < -0.4 is 19.7 Å². The molecule has 2 aliphatic heterocycles. The van der Waals surface area contributed by atoms with Gasteiger partial charge in [-0.1, -0.05) is 29.8 Å². The Morgan fingerprint density at radius 3 is 2.30 bits per heavy atom. The first-order valence-corrected chi connectivity index (χ1v) is 24.5. The van der Waals surface area contributed by atoms with Gasteiger partial charge in [-0.3, -0.25) is 9.69 Å². The molecule has 66 heavy (non-hydrogen) atoms. The number of aromatic amines is 1. The van der Waals surface area contributed by atoms with Crippen LogP contribution in [0.5, 0.6) is 11.5 Å². The van der Waals surface area contributed by atoms with E-state index in [9.17, 15) is 26.4 Å². The van der Waals surface area contributed by atoms with Crippen LogP contribution in [-0.4, -0.2) is 69.6 Å². The van der Waals surface area contributed by atoms with E-state index in [0.717, 1.165) is 90.2 Å². The summed E-state index contributed by atoms with van der Waals surface area (Å²) < 4.78 is 83.3. The van der Waals surface area contributed by atoms with Crippen molar-refractivity contribution in [2.45, 2.75) is 69.1 Å². The summed E-state index contributed by atoms with van der Waals surface area (Å²) in [4.78, 5) is 21.5. The van der Waals surface area contributed by atoms with Gasteiger partial charge in [0, 0.05) is 91.5 Å². The van der Waals surface area contributed by atoms with Gasteiger partial charge >= 0.3 is 6.18 Å². The van der Waals surface area contributed by atoms with Gasteiger partial charge in [-0.05, 0) is 158 Å². The lowest BCUT2D eigenvalue weighted by Crippen LogP contribution is -2.46. The lowest BCUT2D eigenvalue weighted by Gasteiger charge is -2.36. The second kappa shape index (κ2) is 19.4. The Balaban J connectivity index is 0.891. The van der Waals surface area contributed by atoms with Gasteiger partial charge in [0.2, 0.25) is 0 Å². The van der Waals surface area contributed by atoms with Gasteiger partial charge in [0.25, 0.3) is 15.9 Å². The highest BCUT2D eigenvalue weighted by Gasteiger charge is 2.32. The Kier molecular flexibility index (Phi) is 13.4. The van der Waals surface area contributed by atoms with Crippen molar-refractivity contribution in [3.05, 3.63) is 137 Å². The molecule has 1 aromatic heterocycles. The molecule has 9 rings (SSSR count). The molecule has 0 bridgehead atoms. The molecule has 5 aromatic carbocycles. The first kappa shape index (κ1) is 45.6. The van der Waals surface area contributed by atoms with Crippen LogP contribution in [0.4, 0.5) is 24.5 Å². The molecular weight excluding hydrogens is 887 g/mol. The fourth-order valence-electron chi connectivity index (χ4n) is 9.74. The number of aromatic nitrogens is 1. The molecule has 6 aromatic rings. The fourth-order valence-corrected chi connectivity index (χ4v) is 10.9. The van der Waals surface area contributed by atoms with Crippen molar-refractivity contribution < 1.29 is 35.9 Å². The topological polar surface area (TPSA) is 116 Å². The molecule has 1 amide bonds. The second-order valence-electron chi connectivity index (χ2n) is 17.8. The standard InChI is InChI=1S/C51H53ClF3N5O5S/c1-33-28-44(14-17-47(33)57-41-10-5-34(6-11-41)35-19-26-64-27-20-35)66(62,63)58-50(61)45-15-12-42(31-49(45)65-43-13-16-48-37(29-43)18-21-56-48)60-24-22-59(23-25-60)32-38-2-7-39(51(53,54)55)30-46(38)36-3-8-40(52)9-4-36/h2-4,7-9,12-18,21,28-31,34-35,41,56-57H,5-6,10-11,19-20,22-27,32H2,1H3,(H,58,61). The maximum absolute atomic E-state index is 14.0. The van der Waals surface area contributed by atoms with Gasteiger partial charge in [-0.2, -0.15) is 13.2 Å². The largest absolute Gasteiger partial charge is 0.456 e. The monoisotopic (exact) mass is 939 g/mol. The van der Waals surface area contributed by atoms with E-state index in [1.807, 2.05) is 31.3 Å². The van der Waals surface area contributed by atoms with Crippen molar-refractivity contribution in [1.82, 2.24) is 14.6 Å². The predicted molar refractivity (Wildman–Crippen MR) is 253 cm³/mol. The minimum atomic E-state index is -4.49. The van der Waals surface area contributed by atoms with Gasteiger partial charge in [0.1, 0.15) is 11.5 Å². The number of ether oxygens (including phenoxy) is 2. The third kappa shape index (κ3) is 10.5. The second-order valence-corrected chi connectivity index (χ2v) is 19.9. The van der Waals surface area contributed by atoms with Crippen molar-refractivity contribution in [3.8, 4) is 22.6 Å². The Morgan fingerprint density at radius 1 is 0.833 bits per heavy atom. The van der Waals surface area contributed by atoms with Gasteiger partial charge in [-0.25, -0.2) is 13.1 Å². The summed E-state index contributed by atoms with van der Waals surface area (Å²) in [6.07, 6.45) is 4.09. The molecule has 1 aliphatic carbocycles. The third-order valence-electron chi connectivity index (χ3n) is 13.5. The molecule has 0 atom stereocenters. The molecule has 3 aliphatic rings. The van der Waals surface area contributed by atoms with Gasteiger partial charge in [-0.15, -0.1) is 0 Å². The highest BCUT2D eigenvalue weighted by molar-refractivity contribution is 7.90. The van der Waals surface area contributed by atoms with Crippen LogP contribution in [0.2, 0.25) is 5.02 Å². The maximum atomic E-state index is 14.0. The lowest BCUT2D eigenvalue weighted by molar-refractivity contribution is -0.137. The van der Waals surface area contributed by atoms with E-state index in [-0.39, 0.29) is 16.2 Å². The number of carbonyl (C=O) groups is 1. The molecule has 2 saturated heterocycles. The van der Waals surface area contributed by atoms with E-state index >= 15 is 0 Å². The van der Waals surface area contributed by atoms with Crippen molar-refractivity contribution in [3.63, 3.8) is 0 Å². The Bertz CT molecular complexity index is 2800. The smallest absolute Gasteiger partial charge is 0.416 e. The molecule has 10 nitrogen and oxygen atoms in total. The average molecular weight is 941 g/mol. The molecule has 1 saturated carbocycles. The zero-order chi connectivity index (χ0) is 46.0. The Labute approximate surface area is 388 Å². The number of hydrogen-bond donors (Lipinski definition) is 3. The fraction of sp³-hybridized carbons (Fsp3) is 0.353. The molecule has 346 valence electrons. The van der Waals surface area contributed by atoms with E-state index < -0.39 is 27.7 Å². The number of nitrogens with zero attached hydrogens (tertiary/aromatic N) is 2. The summed E-state index contributed by atoms with van der Waals surface area (Å²) in [5.41, 5.74) is 4.55. The zero-order valence-corrected chi connectivity index (χ0v) is 38.2. The molecule has 3 heterocycles. The van der Waals surface area contributed by atoms with Crippen molar-refractivity contribution in [1.29, 1.82) is 0 Å². The number of nitrogens with one attached hydrogen (secondary N) is 3. The number of anilines is 2. The number of rotatable bonds is 12. The molecular formula is C51H53ClF3N5O5S. The number of carbonyl (C=O) groups excluding carboxylic acids is 1. The van der Waals surface area contributed by atoms with Crippen LogP contribution >= 0.6 is 11.6 Å². The van der Waals surface area contributed by atoms with E-state index in [2.05, 4.69) is 24.8 Å². The number of piperazine rings is 1. The summed E-state index contributed by atoms with van der Waals surface area (Å²) in [5.74, 6) is 1.28. The van der Waals surface area contributed by atoms with Crippen LogP contribution in [0.15, 0.2) is 114 Å². The van der Waals surface area contributed by atoms with Crippen LogP contribution in [0.1, 0.15) is 65.6 Å². The van der Waals surface area contributed by atoms with Crippen molar-refractivity contribution >= 4 is 49.8 Å². The van der Waals surface area contributed by atoms with E-state index in [1.54, 1.807) is 66.7 Å². The first-order chi connectivity index (χ1) is 31.8. The number of H-pyrrole nitrogens is 1. The predicted octanol–water partition coefficient (Wildman–Crippen LogP) is 11.4. The summed E-state index contributed by atoms with van der Waals surface area (Å²) in [6.45, 7) is 6.39. The average Bonchev–Trinajstić information content (AvgIpc) is 3.79. The maximum Gasteiger partial charge on any atom is 0.416 e. The number of halogens is 4. The minimum absolute atomic E-state index is 0.0198. The molecule has 0 spiro atoms. The highest BCUT2D eigenvalue weighted by atomic mass is 35.5. The molecule has 0 unspecified atom stereocenters. The van der Waals surface area contributed by atoms with Crippen molar-refractivity contribution in [2.75, 3.05) is 49.6 Å². The highest BCUT2D eigenvalue weighted by Crippen LogP contribution is 2.38. The lowest BCUT2D eigenvalue weighted by atomic mass is 9.75. The summed E-state index contributed by atoms with van der Waals surface area (Å²) in [7, 11) is -4.28. The number of fused-ring (bicyclic) bond motifs is 1. The molecule has 3 N–H and O–H groups in total. The van der Waals surface area contributed by atoms with Crippen LogP contribution in [0.3, 0.4) is 0 Å². The Morgan fingerprint density at radius 2 is 1.58 bits per heavy atom. The number of aryl methyl sites for hydroxylation is 1.